The van der Waals surface area contributed by atoms with Crippen LogP contribution < -0.4 is 0 Å². The maximum Gasteiger partial charge on any atom is 0.119 e. The molecule has 0 bridgehead atoms. The molecule has 0 radical (unpaired) electrons. The number of hydrogen-bond donors (Lipinski definition) is 1. The standard InChI is InChI=1S/C14H19NO/c16-14-6-4-5-11-12(14)7-8-13(11)15-9-2-1-3-10-15/h4-6,13,16H,1-3,7-10H2. The van der Waals surface area contributed by atoms with Crippen LogP contribution in [0.15, 0.2) is 18.2 Å². The maximum absolute atomic E-state index is 9.83. The van der Waals surface area contributed by atoms with Gasteiger partial charge in [0.05, 0.1) is 0 Å². The number of hydrogen-bond acceptors (Lipinski definition) is 2. The lowest BCUT2D eigenvalue weighted by Gasteiger charge is -2.32. The molecule has 0 saturated carbocycles. The first-order chi connectivity index (χ1) is 7.86. The normalized spacial score (nSPS) is 25.6. The lowest BCUT2D eigenvalue weighted by molar-refractivity contribution is 0.163. The minimum Gasteiger partial charge on any atom is -0.508 e. The van der Waals surface area contributed by atoms with Crippen molar-refractivity contribution >= 4 is 0 Å². The van der Waals surface area contributed by atoms with Crippen LogP contribution in [0.25, 0.3) is 0 Å². The molecular formula is C14H19NO. The summed E-state index contributed by atoms with van der Waals surface area (Å²) in [6.45, 7) is 2.47. The largest absolute Gasteiger partial charge is 0.508 e. The van der Waals surface area contributed by atoms with E-state index in [1.165, 1.54) is 49.9 Å². The summed E-state index contributed by atoms with van der Waals surface area (Å²) in [4.78, 5) is 2.61. The van der Waals surface area contributed by atoms with Gasteiger partial charge in [0, 0.05) is 6.04 Å². The third-order valence-corrected chi connectivity index (χ3v) is 4.05. The summed E-state index contributed by atoms with van der Waals surface area (Å²) in [5.41, 5.74) is 2.57. The average molecular weight is 217 g/mol. The highest BCUT2D eigenvalue weighted by molar-refractivity contribution is 5.44. The number of aromatic hydroxyl groups is 1. The number of phenolic OH excluding ortho intramolecular Hbond substituents is 1. The molecule has 3 rings (SSSR count). The SMILES string of the molecule is Oc1cccc2c1CCC2N1CCCCC1. The zero-order valence-electron chi connectivity index (χ0n) is 9.65. The summed E-state index contributed by atoms with van der Waals surface area (Å²) in [6, 6.07) is 6.57. The Morgan fingerprint density at radius 3 is 2.75 bits per heavy atom. The van der Waals surface area contributed by atoms with E-state index in [0.29, 0.717) is 11.8 Å². The molecule has 1 aromatic rings. The van der Waals surface area contributed by atoms with Crippen molar-refractivity contribution in [2.24, 2.45) is 0 Å². The quantitative estimate of drug-likeness (QED) is 0.782. The molecule has 1 aromatic carbocycles. The smallest absolute Gasteiger partial charge is 0.119 e. The van der Waals surface area contributed by atoms with Gasteiger partial charge in [0.2, 0.25) is 0 Å². The zero-order chi connectivity index (χ0) is 11.0. The van der Waals surface area contributed by atoms with Crippen molar-refractivity contribution in [1.82, 2.24) is 4.90 Å². The lowest BCUT2D eigenvalue weighted by atomic mass is 10.0. The second-order valence-corrected chi connectivity index (χ2v) is 5.00. The Hall–Kier alpha value is -1.02. The first-order valence-electron chi connectivity index (χ1n) is 6.41. The average Bonchev–Trinajstić information content (AvgIpc) is 2.75. The highest BCUT2D eigenvalue weighted by Gasteiger charge is 2.29. The Morgan fingerprint density at radius 2 is 1.94 bits per heavy atom. The minimum atomic E-state index is 0.497. The van der Waals surface area contributed by atoms with Gasteiger partial charge in [-0.2, -0.15) is 0 Å². The van der Waals surface area contributed by atoms with Crippen LogP contribution in [-0.4, -0.2) is 23.1 Å². The van der Waals surface area contributed by atoms with E-state index in [1.807, 2.05) is 12.1 Å². The van der Waals surface area contributed by atoms with Crippen molar-refractivity contribution in [1.29, 1.82) is 0 Å². The molecule has 1 aliphatic carbocycles. The van der Waals surface area contributed by atoms with Crippen molar-refractivity contribution < 1.29 is 5.11 Å². The summed E-state index contributed by atoms with van der Waals surface area (Å²) in [5, 5.41) is 9.83. The third-order valence-electron chi connectivity index (χ3n) is 4.05. The maximum atomic E-state index is 9.83. The number of piperidine rings is 1. The minimum absolute atomic E-state index is 0.497. The van der Waals surface area contributed by atoms with Crippen LogP contribution in [-0.2, 0) is 6.42 Å². The van der Waals surface area contributed by atoms with Gasteiger partial charge in [-0.05, 0) is 56.0 Å². The Kier molecular flexibility index (Phi) is 2.60. The summed E-state index contributed by atoms with van der Waals surface area (Å²) in [7, 11) is 0. The van der Waals surface area contributed by atoms with Crippen molar-refractivity contribution in [3.8, 4) is 5.75 Å². The van der Waals surface area contributed by atoms with Gasteiger partial charge in [0.15, 0.2) is 0 Å². The fraction of sp³-hybridized carbons (Fsp3) is 0.571. The molecule has 1 heterocycles. The van der Waals surface area contributed by atoms with Gasteiger partial charge < -0.3 is 5.11 Å². The van der Waals surface area contributed by atoms with Crippen molar-refractivity contribution in [3.63, 3.8) is 0 Å². The van der Waals surface area contributed by atoms with Crippen LogP contribution in [0.5, 0.6) is 5.75 Å². The molecule has 1 fully saturated rings. The highest BCUT2D eigenvalue weighted by Crippen LogP contribution is 2.40. The molecule has 86 valence electrons. The van der Waals surface area contributed by atoms with Crippen LogP contribution in [0.2, 0.25) is 0 Å². The summed E-state index contributed by atoms with van der Waals surface area (Å²) in [6.07, 6.45) is 6.29. The van der Waals surface area contributed by atoms with E-state index in [4.69, 9.17) is 0 Å². The number of phenols is 1. The number of nitrogens with zero attached hydrogens (tertiary/aromatic N) is 1. The topological polar surface area (TPSA) is 23.5 Å². The van der Waals surface area contributed by atoms with Crippen LogP contribution in [0.4, 0.5) is 0 Å². The molecule has 2 heteroatoms. The summed E-state index contributed by atoms with van der Waals surface area (Å²) >= 11 is 0. The Balaban J connectivity index is 1.87. The van der Waals surface area contributed by atoms with Crippen LogP contribution >= 0.6 is 0 Å². The third kappa shape index (κ3) is 1.61. The second-order valence-electron chi connectivity index (χ2n) is 5.00. The number of likely N-dealkylation sites (tertiary alicyclic amines) is 1. The first kappa shape index (κ1) is 10.2. The molecule has 16 heavy (non-hydrogen) atoms. The van der Waals surface area contributed by atoms with E-state index >= 15 is 0 Å². The molecule has 1 aliphatic heterocycles. The molecule has 1 saturated heterocycles. The van der Waals surface area contributed by atoms with Crippen molar-refractivity contribution in [2.45, 2.75) is 38.1 Å². The van der Waals surface area contributed by atoms with E-state index in [9.17, 15) is 5.11 Å². The van der Waals surface area contributed by atoms with Crippen molar-refractivity contribution in [3.05, 3.63) is 29.3 Å². The predicted molar refractivity (Wildman–Crippen MR) is 64.6 cm³/mol. The van der Waals surface area contributed by atoms with Gasteiger partial charge in [-0.25, -0.2) is 0 Å². The van der Waals surface area contributed by atoms with E-state index < -0.39 is 0 Å². The second kappa shape index (κ2) is 4.10. The van der Waals surface area contributed by atoms with E-state index in [2.05, 4.69) is 11.0 Å². The van der Waals surface area contributed by atoms with Crippen LogP contribution in [0.1, 0.15) is 42.9 Å². The summed E-state index contributed by atoms with van der Waals surface area (Å²) in [5.74, 6) is 0.497. The summed E-state index contributed by atoms with van der Waals surface area (Å²) < 4.78 is 0. The lowest BCUT2D eigenvalue weighted by Crippen LogP contribution is -2.32. The molecule has 0 spiro atoms. The van der Waals surface area contributed by atoms with E-state index in [0.717, 1.165) is 6.42 Å². The fourth-order valence-corrected chi connectivity index (χ4v) is 3.22. The number of fused-ring (bicyclic) bond motifs is 1. The van der Waals surface area contributed by atoms with Gasteiger partial charge in [-0.3, -0.25) is 4.90 Å². The van der Waals surface area contributed by atoms with Gasteiger partial charge in [-0.1, -0.05) is 18.6 Å². The monoisotopic (exact) mass is 217 g/mol. The van der Waals surface area contributed by atoms with Gasteiger partial charge in [0.1, 0.15) is 5.75 Å². The predicted octanol–water partition coefficient (Wildman–Crippen LogP) is 2.87. The zero-order valence-corrected chi connectivity index (χ0v) is 9.65. The molecule has 1 unspecified atom stereocenters. The molecule has 1 atom stereocenters. The van der Waals surface area contributed by atoms with Gasteiger partial charge in [0.25, 0.3) is 0 Å². The number of rotatable bonds is 1. The molecule has 2 aliphatic rings. The molecular weight excluding hydrogens is 198 g/mol. The number of benzene rings is 1. The van der Waals surface area contributed by atoms with E-state index in [1.54, 1.807) is 0 Å². The van der Waals surface area contributed by atoms with Crippen LogP contribution in [0.3, 0.4) is 0 Å². The highest BCUT2D eigenvalue weighted by atomic mass is 16.3. The van der Waals surface area contributed by atoms with Gasteiger partial charge >= 0.3 is 0 Å². The fourth-order valence-electron chi connectivity index (χ4n) is 3.22. The molecule has 0 amide bonds. The van der Waals surface area contributed by atoms with E-state index in [-0.39, 0.29) is 0 Å². The first-order valence-corrected chi connectivity index (χ1v) is 6.41. The van der Waals surface area contributed by atoms with Gasteiger partial charge in [-0.15, -0.1) is 0 Å². The molecule has 1 N–H and O–H groups in total. The van der Waals surface area contributed by atoms with Crippen LogP contribution in [0, 0.1) is 0 Å². The van der Waals surface area contributed by atoms with Crippen molar-refractivity contribution in [2.75, 3.05) is 13.1 Å². The Bertz CT molecular complexity index is 382. The Morgan fingerprint density at radius 1 is 1.12 bits per heavy atom. The molecule has 0 aromatic heterocycles. The Labute approximate surface area is 96.9 Å². The molecule has 2 nitrogen and oxygen atoms in total.